The van der Waals surface area contributed by atoms with Crippen LogP contribution in [0, 0.1) is 0 Å². The van der Waals surface area contributed by atoms with Crippen LogP contribution in [0.5, 0.6) is 11.5 Å². The van der Waals surface area contributed by atoms with Crippen LogP contribution in [-0.4, -0.2) is 29.6 Å². The van der Waals surface area contributed by atoms with Gasteiger partial charge in [-0.1, -0.05) is 45.0 Å². The predicted molar refractivity (Wildman–Crippen MR) is 110 cm³/mol. The number of ether oxygens (including phenoxy) is 2. The number of imidazole rings is 1. The molecule has 0 bridgehead atoms. The van der Waals surface area contributed by atoms with Gasteiger partial charge in [-0.15, -0.1) is 0 Å². The largest absolute Gasteiger partial charge is 0.497 e. The molecule has 0 aliphatic carbocycles. The van der Waals surface area contributed by atoms with Gasteiger partial charge in [-0.25, -0.2) is 4.98 Å². The Morgan fingerprint density at radius 2 is 1.68 bits per heavy atom. The highest BCUT2D eigenvalue weighted by molar-refractivity contribution is 6.08. The summed E-state index contributed by atoms with van der Waals surface area (Å²) in [6, 6.07) is 13.3. The molecule has 0 N–H and O–H groups in total. The number of hydrogen-bond acceptors (Lipinski definition) is 4. The first-order valence-electron chi connectivity index (χ1n) is 9.15. The van der Waals surface area contributed by atoms with Gasteiger partial charge < -0.3 is 14.0 Å². The SMILES string of the molecule is COc1ccc(OC)c(-c2ncc(C(=O)c3ccc(C(C)(C)C)cc3)n2C)c1. The van der Waals surface area contributed by atoms with E-state index >= 15 is 0 Å². The molecule has 2 aromatic carbocycles. The summed E-state index contributed by atoms with van der Waals surface area (Å²) in [5.74, 6) is 1.95. The van der Waals surface area contributed by atoms with E-state index in [1.54, 1.807) is 25.0 Å². The second-order valence-electron chi connectivity index (χ2n) is 7.75. The third kappa shape index (κ3) is 3.65. The van der Waals surface area contributed by atoms with Gasteiger partial charge in [0.25, 0.3) is 0 Å². The van der Waals surface area contributed by atoms with Gasteiger partial charge in [0.1, 0.15) is 23.0 Å². The number of benzene rings is 2. The number of nitrogens with zero attached hydrogens (tertiary/aromatic N) is 2. The second kappa shape index (κ2) is 7.50. The summed E-state index contributed by atoms with van der Waals surface area (Å²) in [5.41, 5.74) is 3.16. The minimum absolute atomic E-state index is 0.0458. The molecule has 0 saturated carbocycles. The van der Waals surface area contributed by atoms with Crippen LogP contribution in [0.4, 0.5) is 0 Å². The molecular weight excluding hydrogens is 352 g/mol. The number of aromatic nitrogens is 2. The average Bonchev–Trinajstić information content (AvgIpc) is 3.07. The molecule has 1 aromatic heterocycles. The Balaban J connectivity index is 1.98. The first kappa shape index (κ1) is 19.7. The molecule has 146 valence electrons. The Morgan fingerprint density at radius 3 is 2.25 bits per heavy atom. The van der Waals surface area contributed by atoms with Crippen LogP contribution < -0.4 is 9.47 Å². The minimum atomic E-state index is -0.0661. The molecule has 0 saturated heterocycles. The quantitative estimate of drug-likeness (QED) is 0.607. The molecule has 0 aliphatic heterocycles. The van der Waals surface area contributed by atoms with Crippen LogP contribution in [-0.2, 0) is 12.5 Å². The molecule has 3 aromatic rings. The molecule has 0 radical (unpaired) electrons. The number of hydrogen-bond donors (Lipinski definition) is 0. The van der Waals surface area contributed by atoms with E-state index < -0.39 is 0 Å². The van der Waals surface area contributed by atoms with Crippen LogP contribution in [0.1, 0.15) is 42.4 Å². The Labute approximate surface area is 165 Å². The van der Waals surface area contributed by atoms with E-state index in [0.29, 0.717) is 28.6 Å². The number of carbonyl (C=O) groups excluding carboxylic acids is 1. The molecular formula is C23H26N2O3. The average molecular weight is 378 g/mol. The Hall–Kier alpha value is -3.08. The van der Waals surface area contributed by atoms with E-state index in [2.05, 4.69) is 25.8 Å². The van der Waals surface area contributed by atoms with Crippen molar-refractivity contribution in [3.63, 3.8) is 0 Å². The van der Waals surface area contributed by atoms with Crippen LogP contribution in [0.15, 0.2) is 48.7 Å². The zero-order valence-corrected chi connectivity index (χ0v) is 17.2. The first-order chi connectivity index (χ1) is 13.3. The van der Waals surface area contributed by atoms with E-state index in [9.17, 15) is 4.79 Å². The van der Waals surface area contributed by atoms with E-state index in [0.717, 1.165) is 5.56 Å². The van der Waals surface area contributed by atoms with Crippen molar-refractivity contribution in [3.8, 4) is 22.9 Å². The topological polar surface area (TPSA) is 53.4 Å². The maximum Gasteiger partial charge on any atom is 0.211 e. The summed E-state index contributed by atoms with van der Waals surface area (Å²) < 4.78 is 12.6. The molecule has 1 heterocycles. The molecule has 0 atom stereocenters. The van der Waals surface area contributed by atoms with Gasteiger partial charge in [0.15, 0.2) is 0 Å². The van der Waals surface area contributed by atoms with Crippen molar-refractivity contribution >= 4 is 5.78 Å². The van der Waals surface area contributed by atoms with Gasteiger partial charge in [0.05, 0.1) is 26.0 Å². The van der Waals surface area contributed by atoms with Crippen molar-refractivity contribution in [2.45, 2.75) is 26.2 Å². The molecule has 3 rings (SSSR count). The fourth-order valence-corrected chi connectivity index (χ4v) is 3.13. The van der Waals surface area contributed by atoms with E-state index in [1.165, 1.54) is 5.56 Å². The summed E-state index contributed by atoms with van der Waals surface area (Å²) in [7, 11) is 5.05. The van der Waals surface area contributed by atoms with Gasteiger partial charge in [0, 0.05) is 12.6 Å². The zero-order chi connectivity index (χ0) is 20.5. The van der Waals surface area contributed by atoms with Gasteiger partial charge in [-0.3, -0.25) is 4.79 Å². The fourth-order valence-electron chi connectivity index (χ4n) is 3.13. The minimum Gasteiger partial charge on any atom is -0.497 e. The lowest BCUT2D eigenvalue weighted by Gasteiger charge is -2.19. The van der Waals surface area contributed by atoms with Crippen LogP contribution in [0.2, 0.25) is 0 Å². The molecule has 0 fully saturated rings. The molecule has 5 nitrogen and oxygen atoms in total. The molecule has 0 unspecified atom stereocenters. The molecule has 28 heavy (non-hydrogen) atoms. The third-order valence-electron chi connectivity index (χ3n) is 4.88. The van der Waals surface area contributed by atoms with Crippen molar-refractivity contribution in [3.05, 3.63) is 65.5 Å². The first-order valence-corrected chi connectivity index (χ1v) is 9.15. The lowest BCUT2D eigenvalue weighted by Crippen LogP contribution is -2.12. The number of methoxy groups -OCH3 is 2. The Morgan fingerprint density at radius 1 is 1.00 bits per heavy atom. The van der Waals surface area contributed by atoms with E-state index in [-0.39, 0.29) is 11.2 Å². The highest BCUT2D eigenvalue weighted by Crippen LogP contribution is 2.33. The van der Waals surface area contributed by atoms with Gasteiger partial charge in [0.2, 0.25) is 5.78 Å². The third-order valence-corrected chi connectivity index (χ3v) is 4.88. The number of rotatable bonds is 5. The van der Waals surface area contributed by atoms with Crippen molar-refractivity contribution in [1.29, 1.82) is 0 Å². The molecule has 0 aliphatic rings. The summed E-state index contributed by atoms with van der Waals surface area (Å²) >= 11 is 0. The van der Waals surface area contributed by atoms with Crippen molar-refractivity contribution < 1.29 is 14.3 Å². The lowest BCUT2D eigenvalue weighted by molar-refractivity contribution is 0.103. The summed E-state index contributed by atoms with van der Waals surface area (Å²) in [5, 5.41) is 0. The highest BCUT2D eigenvalue weighted by atomic mass is 16.5. The van der Waals surface area contributed by atoms with Gasteiger partial charge in [-0.2, -0.15) is 0 Å². The Bertz CT molecular complexity index is 996. The van der Waals surface area contributed by atoms with Crippen molar-refractivity contribution in [1.82, 2.24) is 9.55 Å². The smallest absolute Gasteiger partial charge is 0.211 e. The van der Waals surface area contributed by atoms with E-state index in [1.807, 2.05) is 49.5 Å². The van der Waals surface area contributed by atoms with Gasteiger partial charge >= 0.3 is 0 Å². The normalized spacial score (nSPS) is 11.4. The van der Waals surface area contributed by atoms with Crippen LogP contribution in [0.3, 0.4) is 0 Å². The fraction of sp³-hybridized carbons (Fsp3) is 0.304. The standard InChI is InChI=1S/C23H26N2O3/c1-23(2,3)16-9-7-15(8-10-16)21(26)19-14-24-22(25(19)4)18-13-17(27-5)11-12-20(18)28-6/h7-14H,1-6H3. The summed E-state index contributed by atoms with van der Waals surface area (Å²) in [6.07, 6.45) is 1.61. The van der Waals surface area contributed by atoms with Crippen LogP contribution >= 0.6 is 0 Å². The predicted octanol–water partition coefficient (Wildman–Crippen LogP) is 4.63. The van der Waals surface area contributed by atoms with Crippen LogP contribution in [0.25, 0.3) is 11.4 Å². The van der Waals surface area contributed by atoms with E-state index in [4.69, 9.17) is 9.47 Å². The highest BCUT2D eigenvalue weighted by Gasteiger charge is 2.20. The maximum atomic E-state index is 13.0. The number of carbonyl (C=O) groups is 1. The zero-order valence-electron chi connectivity index (χ0n) is 17.2. The number of ketones is 1. The Kier molecular flexibility index (Phi) is 5.27. The summed E-state index contributed by atoms with van der Waals surface area (Å²) in [4.78, 5) is 17.5. The molecule has 0 spiro atoms. The lowest BCUT2D eigenvalue weighted by atomic mass is 9.86. The monoisotopic (exact) mass is 378 g/mol. The summed E-state index contributed by atoms with van der Waals surface area (Å²) in [6.45, 7) is 6.45. The van der Waals surface area contributed by atoms with Crippen molar-refractivity contribution in [2.24, 2.45) is 7.05 Å². The van der Waals surface area contributed by atoms with Gasteiger partial charge in [-0.05, 0) is 29.2 Å². The second-order valence-corrected chi connectivity index (χ2v) is 7.75. The maximum absolute atomic E-state index is 13.0. The molecule has 5 heteroatoms. The van der Waals surface area contributed by atoms with Crippen molar-refractivity contribution in [2.75, 3.05) is 14.2 Å². The molecule has 0 amide bonds.